The first-order valence-electron chi connectivity index (χ1n) is 8.09. The van der Waals surface area contributed by atoms with Crippen molar-refractivity contribution in [3.05, 3.63) is 33.8 Å². The van der Waals surface area contributed by atoms with Gasteiger partial charge in [-0.15, -0.1) is 0 Å². The van der Waals surface area contributed by atoms with Gasteiger partial charge in [0.05, 0.1) is 29.5 Å². The van der Waals surface area contributed by atoms with Gasteiger partial charge in [-0.2, -0.15) is 0 Å². The van der Waals surface area contributed by atoms with Crippen molar-refractivity contribution in [3.63, 3.8) is 0 Å². The Morgan fingerprint density at radius 2 is 1.83 bits per heavy atom. The molecule has 0 atom stereocenters. The lowest BCUT2D eigenvalue weighted by Gasteiger charge is -2.34. The van der Waals surface area contributed by atoms with E-state index in [1.807, 2.05) is 11.0 Å². The molecule has 1 heterocycles. The van der Waals surface area contributed by atoms with E-state index in [-0.39, 0.29) is 11.9 Å². The fourth-order valence-corrected chi connectivity index (χ4v) is 2.96. The second-order valence-electron chi connectivity index (χ2n) is 5.70. The molecule has 132 valence electrons. The molecule has 0 N–H and O–H groups in total. The van der Waals surface area contributed by atoms with Crippen LogP contribution in [0, 0.1) is 0 Å². The molecule has 1 aromatic rings. The molecule has 7 heteroatoms. The number of hydrogen-bond acceptors (Lipinski definition) is 4. The summed E-state index contributed by atoms with van der Waals surface area (Å²) in [6.45, 7) is 5.77. The molecule has 1 fully saturated rings. The first-order chi connectivity index (χ1) is 11.5. The number of amides is 1. The van der Waals surface area contributed by atoms with Gasteiger partial charge in [0.15, 0.2) is 0 Å². The highest BCUT2D eigenvalue weighted by Crippen LogP contribution is 2.23. The molecule has 0 aromatic heterocycles. The third-order valence-corrected chi connectivity index (χ3v) is 4.74. The number of benzene rings is 1. The Balaban J connectivity index is 1.76. The van der Waals surface area contributed by atoms with E-state index in [1.54, 1.807) is 19.1 Å². The first-order valence-corrected chi connectivity index (χ1v) is 8.85. The standard InChI is InChI=1S/C17H22Cl2N2O3/c1-2-24-17(23)5-6-20-7-9-21(10-8-20)16(22)12-13-3-4-14(18)15(19)11-13/h3-4,11H,2,5-10,12H2,1H3. The zero-order chi connectivity index (χ0) is 17.5. The van der Waals surface area contributed by atoms with Crippen LogP contribution in [-0.2, 0) is 20.7 Å². The molecule has 2 rings (SSSR count). The van der Waals surface area contributed by atoms with Gasteiger partial charge >= 0.3 is 5.97 Å². The van der Waals surface area contributed by atoms with Crippen molar-refractivity contribution in [2.75, 3.05) is 39.3 Å². The number of ether oxygens (including phenoxy) is 1. The van der Waals surface area contributed by atoms with Crippen molar-refractivity contribution in [1.82, 2.24) is 9.80 Å². The summed E-state index contributed by atoms with van der Waals surface area (Å²) >= 11 is 11.9. The summed E-state index contributed by atoms with van der Waals surface area (Å²) in [6, 6.07) is 5.26. The minimum Gasteiger partial charge on any atom is -0.466 e. The summed E-state index contributed by atoms with van der Waals surface area (Å²) in [5.74, 6) is -0.0888. The maximum Gasteiger partial charge on any atom is 0.307 e. The molecule has 1 aliphatic heterocycles. The maximum atomic E-state index is 12.4. The minimum atomic E-state index is -0.171. The molecule has 0 spiro atoms. The van der Waals surface area contributed by atoms with Crippen LogP contribution in [-0.4, -0.2) is 61.0 Å². The summed E-state index contributed by atoms with van der Waals surface area (Å²) in [7, 11) is 0. The van der Waals surface area contributed by atoms with Gasteiger partial charge in [-0.05, 0) is 24.6 Å². The summed E-state index contributed by atoms with van der Waals surface area (Å²) < 4.78 is 4.93. The Bertz CT molecular complexity index is 587. The van der Waals surface area contributed by atoms with Crippen molar-refractivity contribution < 1.29 is 14.3 Å². The number of nitrogens with zero attached hydrogens (tertiary/aromatic N) is 2. The van der Waals surface area contributed by atoms with E-state index in [0.717, 1.165) is 18.7 Å². The Kier molecular flexibility index (Phi) is 7.34. The summed E-state index contributed by atoms with van der Waals surface area (Å²) in [4.78, 5) is 27.8. The van der Waals surface area contributed by atoms with Crippen LogP contribution in [0.1, 0.15) is 18.9 Å². The number of carbonyl (C=O) groups is 2. The molecule has 24 heavy (non-hydrogen) atoms. The fraction of sp³-hybridized carbons (Fsp3) is 0.529. The molecule has 0 unspecified atom stereocenters. The highest BCUT2D eigenvalue weighted by molar-refractivity contribution is 6.42. The maximum absolute atomic E-state index is 12.4. The Morgan fingerprint density at radius 1 is 1.12 bits per heavy atom. The van der Waals surface area contributed by atoms with Crippen molar-refractivity contribution in [3.8, 4) is 0 Å². The zero-order valence-electron chi connectivity index (χ0n) is 13.8. The second-order valence-corrected chi connectivity index (χ2v) is 6.52. The Labute approximate surface area is 152 Å². The average Bonchev–Trinajstić information content (AvgIpc) is 2.57. The van der Waals surface area contributed by atoms with Crippen molar-refractivity contribution in [1.29, 1.82) is 0 Å². The predicted octanol–water partition coefficient (Wildman–Crippen LogP) is 2.63. The summed E-state index contributed by atoms with van der Waals surface area (Å²) in [5, 5.41) is 0.953. The molecule has 0 radical (unpaired) electrons. The molecule has 1 amide bonds. The lowest BCUT2D eigenvalue weighted by atomic mass is 10.1. The second kappa shape index (κ2) is 9.25. The van der Waals surface area contributed by atoms with Crippen molar-refractivity contribution in [2.24, 2.45) is 0 Å². The van der Waals surface area contributed by atoms with Gasteiger partial charge in [-0.1, -0.05) is 29.3 Å². The van der Waals surface area contributed by atoms with Crippen LogP contribution in [0.5, 0.6) is 0 Å². The number of rotatable bonds is 6. The van der Waals surface area contributed by atoms with E-state index in [0.29, 0.717) is 49.1 Å². The Hall–Kier alpha value is -1.30. The monoisotopic (exact) mass is 372 g/mol. The zero-order valence-corrected chi connectivity index (χ0v) is 15.3. The van der Waals surface area contributed by atoms with E-state index < -0.39 is 0 Å². The van der Waals surface area contributed by atoms with Crippen LogP contribution in [0.3, 0.4) is 0 Å². The van der Waals surface area contributed by atoms with E-state index >= 15 is 0 Å². The summed E-state index contributed by atoms with van der Waals surface area (Å²) in [6.07, 6.45) is 0.713. The third kappa shape index (κ3) is 5.65. The first kappa shape index (κ1) is 19.0. The van der Waals surface area contributed by atoms with Crippen LogP contribution < -0.4 is 0 Å². The molecule has 1 aliphatic rings. The van der Waals surface area contributed by atoms with Gasteiger partial charge in [0.1, 0.15) is 0 Å². The highest BCUT2D eigenvalue weighted by Gasteiger charge is 2.21. The number of carbonyl (C=O) groups excluding carboxylic acids is 2. The lowest BCUT2D eigenvalue weighted by Crippen LogP contribution is -2.49. The fourth-order valence-electron chi connectivity index (χ4n) is 2.64. The highest BCUT2D eigenvalue weighted by atomic mass is 35.5. The molecule has 0 bridgehead atoms. The molecule has 1 aromatic carbocycles. The molecular weight excluding hydrogens is 351 g/mol. The predicted molar refractivity (Wildman–Crippen MR) is 94.4 cm³/mol. The van der Waals surface area contributed by atoms with Gasteiger partial charge in [0.25, 0.3) is 0 Å². The quantitative estimate of drug-likeness (QED) is 0.720. The van der Waals surface area contributed by atoms with Gasteiger partial charge in [0.2, 0.25) is 5.91 Å². The molecule has 5 nitrogen and oxygen atoms in total. The van der Waals surface area contributed by atoms with Gasteiger partial charge in [-0.25, -0.2) is 0 Å². The van der Waals surface area contributed by atoms with Gasteiger partial charge in [-0.3, -0.25) is 14.5 Å². The third-order valence-electron chi connectivity index (χ3n) is 4.00. The van der Waals surface area contributed by atoms with Crippen molar-refractivity contribution >= 4 is 35.1 Å². The van der Waals surface area contributed by atoms with E-state index in [4.69, 9.17) is 27.9 Å². The van der Waals surface area contributed by atoms with Crippen LogP contribution in [0.15, 0.2) is 18.2 Å². The van der Waals surface area contributed by atoms with Crippen molar-refractivity contribution in [2.45, 2.75) is 19.8 Å². The molecule has 1 saturated heterocycles. The SMILES string of the molecule is CCOC(=O)CCN1CCN(C(=O)Cc2ccc(Cl)c(Cl)c2)CC1. The van der Waals surface area contributed by atoms with E-state index in [1.165, 1.54) is 0 Å². The van der Waals surface area contributed by atoms with Crippen LogP contribution >= 0.6 is 23.2 Å². The lowest BCUT2D eigenvalue weighted by molar-refractivity contribution is -0.144. The molecular formula is C17H22Cl2N2O3. The van der Waals surface area contributed by atoms with E-state index in [9.17, 15) is 9.59 Å². The largest absolute Gasteiger partial charge is 0.466 e. The van der Waals surface area contributed by atoms with Crippen LogP contribution in [0.2, 0.25) is 10.0 Å². The minimum absolute atomic E-state index is 0.0819. The number of hydrogen-bond donors (Lipinski definition) is 0. The number of piperazine rings is 1. The van der Waals surface area contributed by atoms with Gasteiger partial charge in [0, 0.05) is 32.7 Å². The topological polar surface area (TPSA) is 49.9 Å². The van der Waals surface area contributed by atoms with Crippen LogP contribution in [0.4, 0.5) is 0 Å². The van der Waals surface area contributed by atoms with E-state index in [2.05, 4.69) is 4.90 Å². The average molecular weight is 373 g/mol. The smallest absolute Gasteiger partial charge is 0.307 e. The molecule has 0 saturated carbocycles. The molecule has 0 aliphatic carbocycles. The Morgan fingerprint density at radius 3 is 2.46 bits per heavy atom. The summed E-state index contributed by atoms with van der Waals surface area (Å²) in [5.41, 5.74) is 0.860. The number of halogens is 2. The van der Waals surface area contributed by atoms with Gasteiger partial charge < -0.3 is 9.64 Å². The normalized spacial score (nSPS) is 15.4. The number of esters is 1. The van der Waals surface area contributed by atoms with Crippen LogP contribution in [0.25, 0.3) is 0 Å².